The molecule has 9 nitrogen and oxygen atoms in total. The Morgan fingerprint density at radius 2 is 2.09 bits per heavy atom. The molecule has 0 amide bonds. The second-order valence-corrected chi connectivity index (χ2v) is 4.83. The third kappa shape index (κ3) is 3.30. The molecule has 0 radical (unpaired) electrons. The standard InChI is InChI=1S/C13H17N7O2/c1-2-14-11-15-12(20-7-3-4-8-20)17-13(16-11)22-10-6-5-9(21)18-19-10/h5-6H,2-4,7-8H2,1H3,(H,18,21)(H,14,15,16,17). The van der Waals surface area contributed by atoms with Crippen LogP contribution in [-0.4, -0.2) is 44.8 Å². The second-order valence-electron chi connectivity index (χ2n) is 4.83. The van der Waals surface area contributed by atoms with Crippen LogP contribution >= 0.6 is 0 Å². The van der Waals surface area contributed by atoms with Crippen molar-refractivity contribution in [2.24, 2.45) is 0 Å². The fourth-order valence-electron chi connectivity index (χ4n) is 2.17. The monoisotopic (exact) mass is 303 g/mol. The number of anilines is 2. The molecule has 0 unspecified atom stereocenters. The number of nitrogens with one attached hydrogen (secondary N) is 2. The van der Waals surface area contributed by atoms with Crippen LogP contribution < -0.4 is 20.5 Å². The van der Waals surface area contributed by atoms with Crippen molar-refractivity contribution >= 4 is 11.9 Å². The number of nitrogens with zero attached hydrogens (tertiary/aromatic N) is 5. The van der Waals surface area contributed by atoms with E-state index in [0.717, 1.165) is 25.9 Å². The van der Waals surface area contributed by atoms with Crippen molar-refractivity contribution in [2.75, 3.05) is 29.9 Å². The maximum atomic E-state index is 11.0. The Labute approximate surface area is 126 Å². The number of H-pyrrole nitrogens is 1. The average Bonchev–Trinajstić information content (AvgIpc) is 3.04. The highest BCUT2D eigenvalue weighted by Gasteiger charge is 2.18. The molecule has 116 valence electrons. The Hall–Kier alpha value is -2.71. The molecule has 0 aromatic carbocycles. The van der Waals surface area contributed by atoms with Gasteiger partial charge in [-0.05, 0) is 19.8 Å². The Bertz CT molecular complexity index is 677. The molecular weight excluding hydrogens is 286 g/mol. The first kappa shape index (κ1) is 14.2. The van der Waals surface area contributed by atoms with Crippen LogP contribution in [0.4, 0.5) is 11.9 Å². The van der Waals surface area contributed by atoms with Gasteiger partial charge in [0.1, 0.15) is 0 Å². The summed E-state index contributed by atoms with van der Waals surface area (Å²) in [5.41, 5.74) is -0.297. The fourth-order valence-corrected chi connectivity index (χ4v) is 2.17. The van der Waals surface area contributed by atoms with E-state index in [4.69, 9.17) is 4.74 Å². The van der Waals surface area contributed by atoms with Crippen LogP contribution in [0.5, 0.6) is 11.9 Å². The molecule has 1 aliphatic rings. The first-order valence-electron chi connectivity index (χ1n) is 7.23. The summed E-state index contributed by atoms with van der Waals surface area (Å²) in [6, 6.07) is 2.94. The molecule has 0 atom stereocenters. The molecule has 22 heavy (non-hydrogen) atoms. The molecule has 0 saturated carbocycles. The van der Waals surface area contributed by atoms with Crippen molar-refractivity contribution in [3.63, 3.8) is 0 Å². The van der Waals surface area contributed by atoms with Gasteiger partial charge in [-0.25, -0.2) is 5.10 Å². The number of hydrogen-bond donors (Lipinski definition) is 2. The van der Waals surface area contributed by atoms with E-state index >= 15 is 0 Å². The molecule has 3 rings (SSSR count). The number of aromatic nitrogens is 5. The molecular formula is C13H17N7O2. The molecule has 2 aromatic heterocycles. The number of ether oxygens (including phenoxy) is 1. The van der Waals surface area contributed by atoms with Gasteiger partial charge >= 0.3 is 6.01 Å². The summed E-state index contributed by atoms with van der Waals surface area (Å²) in [5, 5.41) is 9.14. The highest BCUT2D eigenvalue weighted by molar-refractivity contribution is 5.39. The van der Waals surface area contributed by atoms with Gasteiger partial charge in [-0.2, -0.15) is 15.0 Å². The highest BCUT2D eigenvalue weighted by Crippen LogP contribution is 2.21. The summed E-state index contributed by atoms with van der Waals surface area (Å²) >= 11 is 0. The second kappa shape index (κ2) is 6.37. The minimum Gasteiger partial charge on any atom is -0.403 e. The molecule has 0 spiro atoms. The van der Waals surface area contributed by atoms with Crippen LogP contribution in [0.15, 0.2) is 16.9 Å². The van der Waals surface area contributed by atoms with Gasteiger partial charge in [0, 0.05) is 31.8 Å². The first-order chi connectivity index (χ1) is 10.7. The van der Waals surface area contributed by atoms with E-state index in [1.54, 1.807) is 0 Å². The van der Waals surface area contributed by atoms with Crippen molar-refractivity contribution in [1.29, 1.82) is 0 Å². The topological polar surface area (TPSA) is 109 Å². The van der Waals surface area contributed by atoms with Crippen LogP contribution in [0.25, 0.3) is 0 Å². The zero-order chi connectivity index (χ0) is 15.4. The molecule has 1 saturated heterocycles. The first-order valence-corrected chi connectivity index (χ1v) is 7.23. The van der Waals surface area contributed by atoms with E-state index in [0.29, 0.717) is 18.4 Å². The molecule has 1 fully saturated rings. The summed E-state index contributed by atoms with van der Waals surface area (Å²) < 4.78 is 5.51. The van der Waals surface area contributed by atoms with E-state index in [9.17, 15) is 4.79 Å². The third-order valence-electron chi connectivity index (χ3n) is 3.18. The number of hydrogen-bond acceptors (Lipinski definition) is 8. The third-order valence-corrected chi connectivity index (χ3v) is 3.18. The summed E-state index contributed by atoms with van der Waals surface area (Å²) in [6.45, 7) is 4.50. The zero-order valence-corrected chi connectivity index (χ0v) is 12.2. The van der Waals surface area contributed by atoms with Crippen LogP contribution in [0, 0.1) is 0 Å². The van der Waals surface area contributed by atoms with Gasteiger partial charge in [0.2, 0.25) is 17.8 Å². The lowest BCUT2D eigenvalue weighted by molar-refractivity contribution is 0.417. The summed E-state index contributed by atoms with van der Waals surface area (Å²) in [6.07, 6.45) is 2.25. The van der Waals surface area contributed by atoms with Gasteiger partial charge in [0.25, 0.3) is 5.56 Å². The van der Waals surface area contributed by atoms with Crippen LogP contribution in [-0.2, 0) is 0 Å². The van der Waals surface area contributed by atoms with Gasteiger partial charge in [-0.15, -0.1) is 5.10 Å². The van der Waals surface area contributed by atoms with E-state index in [2.05, 4.69) is 35.4 Å². The summed E-state index contributed by atoms with van der Waals surface area (Å²) in [4.78, 5) is 26.0. The molecule has 2 N–H and O–H groups in total. The van der Waals surface area contributed by atoms with Crippen LogP contribution in [0.2, 0.25) is 0 Å². The lowest BCUT2D eigenvalue weighted by atomic mass is 10.4. The number of aromatic amines is 1. The average molecular weight is 303 g/mol. The molecule has 1 aliphatic heterocycles. The predicted octanol–water partition coefficient (Wildman–Crippen LogP) is 0.779. The lowest BCUT2D eigenvalue weighted by Gasteiger charge is -2.16. The fraction of sp³-hybridized carbons (Fsp3) is 0.462. The van der Waals surface area contributed by atoms with Crippen molar-refractivity contribution in [2.45, 2.75) is 19.8 Å². The summed E-state index contributed by atoms with van der Waals surface area (Å²) in [7, 11) is 0. The van der Waals surface area contributed by atoms with Crippen molar-refractivity contribution in [3.05, 3.63) is 22.5 Å². The van der Waals surface area contributed by atoms with E-state index in [1.165, 1.54) is 12.1 Å². The maximum Gasteiger partial charge on any atom is 0.330 e. The van der Waals surface area contributed by atoms with Gasteiger partial charge in [0.05, 0.1) is 0 Å². The van der Waals surface area contributed by atoms with Crippen molar-refractivity contribution < 1.29 is 4.74 Å². The number of rotatable bonds is 5. The minimum atomic E-state index is -0.297. The SMILES string of the molecule is CCNc1nc(Oc2ccc(=O)[nH]n2)nc(N2CCCC2)n1. The highest BCUT2D eigenvalue weighted by atomic mass is 16.5. The Morgan fingerprint density at radius 3 is 2.77 bits per heavy atom. The normalized spacial score (nSPS) is 14.1. The van der Waals surface area contributed by atoms with Gasteiger partial charge in [-0.3, -0.25) is 4.79 Å². The van der Waals surface area contributed by atoms with Gasteiger partial charge in [-0.1, -0.05) is 0 Å². The quantitative estimate of drug-likeness (QED) is 0.834. The smallest absolute Gasteiger partial charge is 0.330 e. The Kier molecular flexibility index (Phi) is 4.12. The van der Waals surface area contributed by atoms with E-state index < -0.39 is 0 Å². The largest absolute Gasteiger partial charge is 0.403 e. The lowest BCUT2D eigenvalue weighted by Crippen LogP contribution is -2.21. The van der Waals surface area contributed by atoms with Crippen LogP contribution in [0.3, 0.4) is 0 Å². The molecule has 0 bridgehead atoms. The van der Waals surface area contributed by atoms with E-state index in [-0.39, 0.29) is 17.4 Å². The molecule has 3 heterocycles. The Balaban J connectivity index is 1.87. The zero-order valence-electron chi connectivity index (χ0n) is 12.2. The maximum absolute atomic E-state index is 11.0. The predicted molar refractivity (Wildman–Crippen MR) is 80.4 cm³/mol. The minimum absolute atomic E-state index is 0.146. The Morgan fingerprint density at radius 1 is 1.27 bits per heavy atom. The van der Waals surface area contributed by atoms with Crippen molar-refractivity contribution in [3.8, 4) is 11.9 Å². The molecule has 2 aromatic rings. The molecule has 9 heteroatoms. The molecule has 0 aliphatic carbocycles. The van der Waals surface area contributed by atoms with Gasteiger partial charge in [0.15, 0.2) is 0 Å². The summed E-state index contributed by atoms with van der Waals surface area (Å²) in [5.74, 6) is 1.27. The van der Waals surface area contributed by atoms with Crippen LogP contribution in [0.1, 0.15) is 19.8 Å². The van der Waals surface area contributed by atoms with Crippen molar-refractivity contribution in [1.82, 2.24) is 25.1 Å². The van der Waals surface area contributed by atoms with Gasteiger partial charge < -0.3 is 15.0 Å². The van der Waals surface area contributed by atoms with E-state index in [1.807, 2.05) is 6.92 Å².